The molecule has 2 aliphatic rings. The van der Waals surface area contributed by atoms with E-state index in [-0.39, 0.29) is 17.1 Å². The normalized spacial score (nSPS) is 24.8. The molecule has 1 aliphatic carbocycles. The molecule has 130 valence electrons. The van der Waals surface area contributed by atoms with Gasteiger partial charge >= 0.3 is 7.12 Å². The lowest BCUT2D eigenvalue weighted by molar-refractivity contribution is -0.124. The number of amides is 1. The number of hydrogen-bond donors (Lipinski definition) is 1. The smallest absolute Gasteiger partial charge is 0.399 e. The molecule has 0 radical (unpaired) electrons. The van der Waals surface area contributed by atoms with Gasteiger partial charge in [-0.15, -0.1) is 0 Å². The van der Waals surface area contributed by atoms with Crippen LogP contribution in [0.25, 0.3) is 0 Å². The van der Waals surface area contributed by atoms with E-state index < -0.39 is 12.5 Å². The summed E-state index contributed by atoms with van der Waals surface area (Å²) >= 11 is 0. The van der Waals surface area contributed by atoms with Gasteiger partial charge in [0.15, 0.2) is 0 Å². The molecule has 5 heteroatoms. The van der Waals surface area contributed by atoms with E-state index in [9.17, 15) is 4.79 Å². The second-order valence-electron chi connectivity index (χ2n) is 8.22. The van der Waals surface area contributed by atoms with Gasteiger partial charge in [0, 0.05) is 0 Å². The molecule has 1 amide bonds. The summed E-state index contributed by atoms with van der Waals surface area (Å²) in [4.78, 5) is 12.3. The first-order valence-electron chi connectivity index (χ1n) is 8.94. The van der Waals surface area contributed by atoms with Gasteiger partial charge in [0.2, 0.25) is 5.91 Å². The van der Waals surface area contributed by atoms with E-state index in [1.165, 1.54) is 6.42 Å². The van der Waals surface area contributed by atoms with Crippen LogP contribution in [0.4, 0.5) is 0 Å². The van der Waals surface area contributed by atoms with Crippen LogP contribution in [0.2, 0.25) is 0 Å². The number of benzene rings is 1. The lowest BCUT2D eigenvalue weighted by atomic mass is 9.67. The molecule has 1 saturated carbocycles. The van der Waals surface area contributed by atoms with E-state index >= 15 is 0 Å². The third-order valence-corrected chi connectivity index (χ3v) is 6.14. The van der Waals surface area contributed by atoms with Gasteiger partial charge in [-0.3, -0.25) is 4.79 Å². The van der Waals surface area contributed by atoms with Gasteiger partial charge in [0.25, 0.3) is 0 Å². The van der Waals surface area contributed by atoms with Crippen LogP contribution in [0, 0.1) is 0 Å². The minimum absolute atomic E-state index is 0.215. The topological polar surface area (TPSA) is 61.5 Å². The highest BCUT2D eigenvalue weighted by Crippen LogP contribution is 2.40. The van der Waals surface area contributed by atoms with Crippen LogP contribution < -0.4 is 11.2 Å². The Balaban J connectivity index is 1.94. The Morgan fingerprint density at radius 1 is 1.04 bits per heavy atom. The second kappa shape index (κ2) is 5.89. The highest BCUT2D eigenvalue weighted by atomic mass is 16.7. The average Bonchev–Trinajstić information content (AvgIpc) is 2.76. The molecule has 1 aliphatic heterocycles. The third kappa shape index (κ3) is 2.78. The maximum Gasteiger partial charge on any atom is 0.494 e. The van der Waals surface area contributed by atoms with Gasteiger partial charge in [-0.1, -0.05) is 43.5 Å². The second-order valence-corrected chi connectivity index (χ2v) is 8.22. The fraction of sp³-hybridized carbons (Fsp3) is 0.632. The van der Waals surface area contributed by atoms with E-state index in [1.807, 2.05) is 45.9 Å². The summed E-state index contributed by atoms with van der Waals surface area (Å²) in [6.07, 6.45) is 4.92. The van der Waals surface area contributed by atoms with Crippen molar-refractivity contribution < 1.29 is 14.1 Å². The van der Waals surface area contributed by atoms with Crippen LogP contribution in [0.1, 0.15) is 65.4 Å². The molecule has 0 unspecified atom stereocenters. The van der Waals surface area contributed by atoms with E-state index in [4.69, 9.17) is 15.0 Å². The zero-order valence-corrected chi connectivity index (χ0v) is 15.2. The molecule has 1 heterocycles. The van der Waals surface area contributed by atoms with Crippen LogP contribution in [0.5, 0.6) is 0 Å². The number of primary amides is 1. The lowest BCUT2D eigenvalue weighted by Crippen LogP contribution is -2.44. The quantitative estimate of drug-likeness (QED) is 0.867. The van der Waals surface area contributed by atoms with Crippen LogP contribution in [0.15, 0.2) is 24.3 Å². The number of nitrogens with two attached hydrogens (primary N) is 1. The first kappa shape index (κ1) is 17.5. The Morgan fingerprint density at radius 3 is 2.17 bits per heavy atom. The number of rotatable bonds is 3. The Labute approximate surface area is 145 Å². The highest BCUT2D eigenvalue weighted by Gasteiger charge is 2.52. The average molecular weight is 329 g/mol. The van der Waals surface area contributed by atoms with Crippen LogP contribution >= 0.6 is 0 Å². The maximum atomic E-state index is 12.3. The summed E-state index contributed by atoms with van der Waals surface area (Å²) < 4.78 is 12.3. The molecule has 0 atom stereocenters. The zero-order chi connectivity index (χ0) is 17.6. The lowest BCUT2D eigenvalue weighted by Gasteiger charge is -2.35. The molecule has 0 aromatic heterocycles. The van der Waals surface area contributed by atoms with Gasteiger partial charge in [-0.05, 0) is 51.6 Å². The molecule has 4 nitrogen and oxygen atoms in total. The first-order chi connectivity index (χ1) is 11.2. The summed E-state index contributed by atoms with van der Waals surface area (Å²) in [5.41, 5.74) is 6.49. The van der Waals surface area contributed by atoms with Gasteiger partial charge < -0.3 is 15.0 Å². The molecular weight excluding hydrogens is 301 g/mol. The van der Waals surface area contributed by atoms with Crippen molar-refractivity contribution in [1.29, 1.82) is 0 Å². The van der Waals surface area contributed by atoms with Gasteiger partial charge in [0.1, 0.15) is 0 Å². The first-order valence-corrected chi connectivity index (χ1v) is 8.94. The van der Waals surface area contributed by atoms with Crippen molar-refractivity contribution in [2.24, 2.45) is 5.73 Å². The molecule has 3 rings (SSSR count). The van der Waals surface area contributed by atoms with E-state index in [2.05, 4.69) is 6.07 Å². The fourth-order valence-electron chi connectivity index (χ4n) is 3.79. The van der Waals surface area contributed by atoms with Crippen LogP contribution in [-0.2, 0) is 19.5 Å². The highest BCUT2D eigenvalue weighted by molar-refractivity contribution is 6.62. The minimum Gasteiger partial charge on any atom is -0.399 e. The SMILES string of the molecule is CC1(C)OB(c2cccc(C3(C(N)=O)CCCCC3)c2)OC1(C)C. The molecule has 0 spiro atoms. The van der Waals surface area contributed by atoms with Crippen molar-refractivity contribution in [2.75, 3.05) is 0 Å². The van der Waals surface area contributed by atoms with Gasteiger partial charge in [-0.25, -0.2) is 0 Å². The van der Waals surface area contributed by atoms with Crippen molar-refractivity contribution >= 4 is 18.5 Å². The molecular formula is C19H28BNO3. The minimum atomic E-state index is -0.544. The Morgan fingerprint density at radius 2 is 1.62 bits per heavy atom. The van der Waals surface area contributed by atoms with Crippen molar-refractivity contribution in [3.63, 3.8) is 0 Å². The van der Waals surface area contributed by atoms with E-state index in [1.54, 1.807) is 0 Å². The predicted molar refractivity (Wildman–Crippen MR) is 96.1 cm³/mol. The molecule has 2 fully saturated rings. The number of carbonyl (C=O) groups excluding carboxylic acids is 1. The van der Waals surface area contributed by atoms with Crippen molar-refractivity contribution in [1.82, 2.24) is 0 Å². The predicted octanol–water partition coefficient (Wildman–Crippen LogP) is 2.67. The number of carbonyl (C=O) groups is 1. The molecule has 0 bridgehead atoms. The van der Waals surface area contributed by atoms with Crippen LogP contribution in [0.3, 0.4) is 0 Å². The Bertz CT molecular complexity index is 619. The third-order valence-electron chi connectivity index (χ3n) is 6.14. The standard InChI is InChI=1S/C19H28BNO3/c1-17(2)18(3,4)24-20(23-17)15-10-8-9-14(13-15)19(16(21)22)11-6-5-7-12-19/h8-10,13H,5-7,11-12H2,1-4H3,(H2,21,22). The number of hydrogen-bond acceptors (Lipinski definition) is 3. The largest absolute Gasteiger partial charge is 0.494 e. The summed E-state index contributed by atoms with van der Waals surface area (Å²) in [7, 11) is -0.413. The molecule has 1 aromatic carbocycles. The van der Waals surface area contributed by atoms with Crippen molar-refractivity contribution in [3.8, 4) is 0 Å². The molecule has 1 saturated heterocycles. The molecule has 2 N–H and O–H groups in total. The Hall–Kier alpha value is -1.33. The van der Waals surface area contributed by atoms with Crippen LogP contribution in [-0.4, -0.2) is 24.2 Å². The maximum absolute atomic E-state index is 12.3. The molecule has 1 aromatic rings. The summed E-state index contributed by atoms with van der Waals surface area (Å²) in [6, 6.07) is 8.06. The zero-order valence-electron chi connectivity index (χ0n) is 15.2. The van der Waals surface area contributed by atoms with Crippen molar-refractivity contribution in [3.05, 3.63) is 29.8 Å². The summed E-state index contributed by atoms with van der Waals surface area (Å²) in [5.74, 6) is -0.215. The fourth-order valence-corrected chi connectivity index (χ4v) is 3.79. The Kier molecular flexibility index (Phi) is 4.29. The van der Waals surface area contributed by atoms with Gasteiger partial charge in [-0.2, -0.15) is 0 Å². The van der Waals surface area contributed by atoms with Gasteiger partial charge in [0.05, 0.1) is 16.6 Å². The summed E-state index contributed by atoms with van der Waals surface area (Å²) in [6.45, 7) is 8.18. The molecule has 24 heavy (non-hydrogen) atoms. The monoisotopic (exact) mass is 329 g/mol. The van der Waals surface area contributed by atoms with Crippen molar-refractivity contribution in [2.45, 2.75) is 76.4 Å². The summed E-state index contributed by atoms with van der Waals surface area (Å²) in [5, 5.41) is 0. The van der Waals surface area contributed by atoms with E-state index in [0.717, 1.165) is 36.7 Å². The van der Waals surface area contributed by atoms with E-state index in [0.29, 0.717) is 0 Å².